The number of hydrogen-bond donors (Lipinski definition) is 2. The molecule has 0 atom stereocenters. The third-order valence-electron chi connectivity index (χ3n) is 6.55. The minimum Gasteiger partial charge on any atom is -0.356 e. The van der Waals surface area contributed by atoms with E-state index in [2.05, 4.69) is 17.6 Å². The van der Waals surface area contributed by atoms with E-state index in [0.717, 1.165) is 34.1 Å². The summed E-state index contributed by atoms with van der Waals surface area (Å²) in [7, 11) is 0. The molecule has 0 bridgehead atoms. The lowest BCUT2D eigenvalue weighted by atomic mass is 10.1. The molecule has 4 aromatic rings. The Hall–Kier alpha value is -4.46. The molecule has 0 saturated heterocycles. The zero-order valence-corrected chi connectivity index (χ0v) is 21.9. The van der Waals surface area contributed by atoms with Crippen LogP contribution in [0.1, 0.15) is 36.5 Å². The number of aromatic nitrogens is 2. The second-order valence-corrected chi connectivity index (χ2v) is 9.42. The van der Waals surface area contributed by atoms with Crippen LogP contribution in [0.25, 0.3) is 16.6 Å². The van der Waals surface area contributed by atoms with Gasteiger partial charge in [0.05, 0.1) is 23.0 Å². The van der Waals surface area contributed by atoms with E-state index in [1.807, 2.05) is 32.0 Å². The number of amides is 2. The van der Waals surface area contributed by atoms with Gasteiger partial charge in [0, 0.05) is 12.2 Å². The van der Waals surface area contributed by atoms with Crippen LogP contribution in [-0.2, 0) is 22.6 Å². The molecule has 0 aliphatic rings. The van der Waals surface area contributed by atoms with Crippen molar-refractivity contribution in [3.05, 3.63) is 104 Å². The molecule has 8 nitrogen and oxygen atoms in total. The summed E-state index contributed by atoms with van der Waals surface area (Å²) in [5, 5.41) is 6.05. The average Bonchev–Trinajstić information content (AvgIpc) is 2.90. The standard InChI is InChI=1S/C30H32N4O4/c1-4-5-16-31-27(35)18-22-11-14-24(15-12-22)34-29(37)25-8-6-7-9-26(25)33(30(34)38)19-28(36)32-23-13-10-20(2)21(3)17-23/h6-15,17H,4-5,16,18-19H2,1-3H3,(H,31,35)(H,32,36). The minimum absolute atomic E-state index is 0.0776. The van der Waals surface area contributed by atoms with Crippen LogP contribution in [0.3, 0.4) is 0 Å². The molecule has 4 rings (SSSR count). The number of hydrogen-bond acceptors (Lipinski definition) is 4. The number of unbranched alkanes of at least 4 members (excludes halogenated alkanes) is 1. The molecule has 0 saturated carbocycles. The average molecular weight is 513 g/mol. The summed E-state index contributed by atoms with van der Waals surface area (Å²) in [5.74, 6) is -0.457. The molecule has 0 aliphatic heterocycles. The van der Waals surface area contributed by atoms with Gasteiger partial charge in [-0.15, -0.1) is 0 Å². The molecule has 2 amide bonds. The van der Waals surface area contributed by atoms with Gasteiger partial charge in [0.1, 0.15) is 6.54 Å². The molecule has 2 N–H and O–H groups in total. The van der Waals surface area contributed by atoms with E-state index in [-0.39, 0.29) is 24.8 Å². The molecule has 38 heavy (non-hydrogen) atoms. The fourth-order valence-corrected chi connectivity index (χ4v) is 4.28. The molecule has 8 heteroatoms. The maximum atomic E-state index is 13.6. The number of nitrogens with one attached hydrogen (secondary N) is 2. The van der Waals surface area contributed by atoms with E-state index in [9.17, 15) is 19.2 Å². The van der Waals surface area contributed by atoms with Gasteiger partial charge in [-0.1, -0.05) is 43.7 Å². The van der Waals surface area contributed by atoms with Crippen molar-refractivity contribution in [3.8, 4) is 5.69 Å². The van der Waals surface area contributed by atoms with E-state index in [0.29, 0.717) is 28.8 Å². The van der Waals surface area contributed by atoms with Crippen molar-refractivity contribution >= 4 is 28.4 Å². The lowest BCUT2D eigenvalue weighted by molar-refractivity contribution is -0.120. The molecule has 0 radical (unpaired) electrons. The minimum atomic E-state index is -0.617. The summed E-state index contributed by atoms with van der Waals surface area (Å²) in [6.07, 6.45) is 2.13. The summed E-state index contributed by atoms with van der Waals surface area (Å²) in [6.45, 7) is 6.39. The van der Waals surface area contributed by atoms with Crippen molar-refractivity contribution in [3.63, 3.8) is 0 Å². The second kappa shape index (κ2) is 11.7. The van der Waals surface area contributed by atoms with Crippen molar-refractivity contribution in [2.75, 3.05) is 11.9 Å². The van der Waals surface area contributed by atoms with Crippen LogP contribution in [-0.4, -0.2) is 27.5 Å². The molecule has 0 spiro atoms. The van der Waals surface area contributed by atoms with Crippen LogP contribution in [0.5, 0.6) is 0 Å². The van der Waals surface area contributed by atoms with E-state index in [4.69, 9.17) is 0 Å². The first kappa shape index (κ1) is 26.6. The molecule has 1 heterocycles. The molecule has 1 aromatic heterocycles. The third-order valence-corrected chi connectivity index (χ3v) is 6.55. The fraction of sp³-hybridized carbons (Fsp3) is 0.267. The molecule has 3 aromatic carbocycles. The normalized spacial score (nSPS) is 10.9. The Bertz CT molecular complexity index is 1600. The number of aryl methyl sites for hydroxylation is 2. The Balaban J connectivity index is 1.65. The van der Waals surface area contributed by atoms with Crippen molar-refractivity contribution in [2.24, 2.45) is 0 Å². The van der Waals surface area contributed by atoms with Crippen LogP contribution in [0.2, 0.25) is 0 Å². The highest BCUT2D eigenvalue weighted by molar-refractivity contribution is 5.91. The molecular formula is C30H32N4O4. The largest absolute Gasteiger partial charge is 0.356 e. The van der Waals surface area contributed by atoms with Gasteiger partial charge in [-0.05, 0) is 73.4 Å². The second-order valence-electron chi connectivity index (χ2n) is 9.42. The first-order valence-corrected chi connectivity index (χ1v) is 12.8. The Morgan fingerprint density at radius 2 is 1.61 bits per heavy atom. The number of nitrogens with zero attached hydrogens (tertiary/aromatic N) is 2. The summed E-state index contributed by atoms with van der Waals surface area (Å²) in [4.78, 5) is 52.0. The maximum absolute atomic E-state index is 13.6. The summed E-state index contributed by atoms with van der Waals surface area (Å²) >= 11 is 0. The highest BCUT2D eigenvalue weighted by Gasteiger charge is 2.17. The van der Waals surface area contributed by atoms with Crippen molar-refractivity contribution in [1.29, 1.82) is 0 Å². The lowest BCUT2D eigenvalue weighted by Gasteiger charge is -2.15. The predicted octanol–water partition coefficient (Wildman–Crippen LogP) is 3.87. The summed E-state index contributed by atoms with van der Waals surface area (Å²) in [5.41, 5.74) is 3.22. The zero-order valence-electron chi connectivity index (χ0n) is 21.9. The zero-order chi connectivity index (χ0) is 27.2. The monoisotopic (exact) mass is 512 g/mol. The molecule has 196 valence electrons. The van der Waals surface area contributed by atoms with Crippen molar-refractivity contribution in [2.45, 2.75) is 46.6 Å². The Labute approximate surface area is 220 Å². The van der Waals surface area contributed by atoms with Crippen LogP contribution in [0.15, 0.2) is 76.3 Å². The summed E-state index contributed by atoms with van der Waals surface area (Å²) < 4.78 is 2.37. The van der Waals surface area contributed by atoms with E-state index in [1.54, 1.807) is 48.5 Å². The Morgan fingerprint density at radius 1 is 0.868 bits per heavy atom. The van der Waals surface area contributed by atoms with Crippen LogP contribution >= 0.6 is 0 Å². The van der Waals surface area contributed by atoms with Gasteiger partial charge >= 0.3 is 5.69 Å². The molecule has 0 aliphatic carbocycles. The lowest BCUT2D eigenvalue weighted by Crippen LogP contribution is -2.40. The van der Waals surface area contributed by atoms with E-state index < -0.39 is 11.2 Å². The highest BCUT2D eigenvalue weighted by atomic mass is 16.2. The van der Waals surface area contributed by atoms with Gasteiger partial charge in [-0.2, -0.15) is 0 Å². The Morgan fingerprint density at radius 3 is 2.32 bits per heavy atom. The van der Waals surface area contributed by atoms with Gasteiger partial charge in [0.25, 0.3) is 5.56 Å². The SMILES string of the molecule is CCCCNC(=O)Cc1ccc(-n2c(=O)c3ccccc3n(CC(=O)Nc3ccc(C)c(C)c3)c2=O)cc1. The van der Waals surface area contributed by atoms with Crippen LogP contribution < -0.4 is 21.9 Å². The van der Waals surface area contributed by atoms with Crippen molar-refractivity contribution < 1.29 is 9.59 Å². The number of carbonyl (C=O) groups excluding carboxylic acids is 2. The van der Waals surface area contributed by atoms with Gasteiger partial charge < -0.3 is 10.6 Å². The van der Waals surface area contributed by atoms with Gasteiger partial charge in [-0.3, -0.25) is 19.0 Å². The Kier molecular flexibility index (Phi) is 8.21. The van der Waals surface area contributed by atoms with Gasteiger partial charge in [-0.25, -0.2) is 9.36 Å². The summed E-state index contributed by atoms with van der Waals surface area (Å²) in [6, 6.07) is 19.1. The topological polar surface area (TPSA) is 102 Å². The van der Waals surface area contributed by atoms with Crippen LogP contribution in [0.4, 0.5) is 5.69 Å². The number of benzene rings is 3. The first-order chi connectivity index (χ1) is 18.3. The number of carbonyl (C=O) groups is 2. The molecular weight excluding hydrogens is 480 g/mol. The number of anilines is 1. The molecule has 0 unspecified atom stereocenters. The van der Waals surface area contributed by atoms with Gasteiger partial charge in [0.2, 0.25) is 11.8 Å². The predicted molar refractivity (Wildman–Crippen MR) is 150 cm³/mol. The highest BCUT2D eigenvalue weighted by Crippen LogP contribution is 2.15. The number of fused-ring (bicyclic) bond motifs is 1. The number of para-hydroxylation sites is 1. The smallest absolute Gasteiger partial charge is 0.336 e. The maximum Gasteiger partial charge on any atom is 0.336 e. The van der Waals surface area contributed by atoms with Crippen LogP contribution in [0, 0.1) is 13.8 Å². The quantitative estimate of drug-likeness (QED) is 0.333. The van der Waals surface area contributed by atoms with E-state index in [1.165, 1.54) is 4.57 Å². The number of rotatable bonds is 9. The third kappa shape index (κ3) is 5.91. The first-order valence-electron chi connectivity index (χ1n) is 12.8. The molecule has 0 fully saturated rings. The van der Waals surface area contributed by atoms with E-state index >= 15 is 0 Å². The fourth-order valence-electron chi connectivity index (χ4n) is 4.28. The van der Waals surface area contributed by atoms with Gasteiger partial charge in [0.15, 0.2) is 0 Å². The van der Waals surface area contributed by atoms with Crippen molar-refractivity contribution in [1.82, 2.24) is 14.5 Å².